The second kappa shape index (κ2) is 7.80. The van der Waals surface area contributed by atoms with Crippen LogP contribution in [0.1, 0.15) is 19.8 Å². The summed E-state index contributed by atoms with van der Waals surface area (Å²) in [5.74, 6) is 2.44. The maximum atomic E-state index is 6.52. The van der Waals surface area contributed by atoms with Crippen molar-refractivity contribution in [3.05, 3.63) is 35.6 Å². The van der Waals surface area contributed by atoms with Crippen molar-refractivity contribution in [3.8, 4) is 0 Å². The normalized spacial score (nSPS) is 20.8. The maximum Gasteiger partial charge on any atom is 0.157 e. The Labute approximate surface area is 165 Å². The minimum Gasteiger partial charge on any atom is -0.393 e. The number of aromatic nitrogens is 2. The van der Waals surface area contributed by atoms with Crippen molar-refractivity contribution in [2.24, 2.45) is 5.92 Å². The number of piperidine rings is 1. The highest BCUT2D eigenvalue weighted by atomic mass is 35.5. The molecule has 1 aromatic heterocycles. The van der Waals surface area contributed by atoms with Crippen LogP contribution in [0.4, 0.5) is 23.0 Å². The Balaban J connectivity index is 1.47. The van der Waals surface area contributed by atoms with Gasteiger partial charge in [-0.2, -0.15) is 0 Å². The monoisotopic (exact) mass is 386 g/mol. The van der Waals surface area contributed by atoms with Gasteiger partial charge in [0, 0.05) is 50.0 Å². The number of piperazine rings is 1. The van der Waals surface area contributed by atoms with E-state index < -0.39 is 0 Å². The molecule has 27 heavy (non-hydrogen) atoms. The Morgan fingerprint density at radius 3 is 2.41 bits per heavy atom. The molecule has 1 atom stereocenters. The molecular weight excluding hydrogens is 360 g/mol. The predicted octanol–water partition coefficient (Wildman–Crippen LogP) is 3.28. The summed E-state index contributed by atoms with van der Waals surface area (Å²) in [6.45, 7) is 7.92. The fourth-order valence-corrected chi connectivity index (χ4v) is 4.30. The largest absolute Gasteiger partial charge is 0.393 e. The molecule has 0 saturated carbocycles. The Hall–Kier alpha value is -2.21. The lowest BCUT2D eigenvalue weighted by Gasteiger charge is -2.38. The summed E-state index contributed by atoms with van der Waals surface area (Å²) < 4.78 is 0. The molecule has 0 bridgehead atoms. The summed E-state index contributed by atoms with van der Waals surface area (Å²) in [4.78, 5) is 16.0. The summed E-state index contributed by atoms with van der Waals surface area (Å²) in [6, 6.07) is 8.03. The molecule has 0 spiro atoms. The van der Waals surface area contributed by atoms with Crippen molar-refractivity contribution >= 4 is 34.6 Å². The van der Waals surface area contributed by atoms with Gasteiger partial charge < -0.3 is 20.4 Å². The third kappa shape index (κ3) is 3.90. The van der Waals surface area contributed by atoms with E-state index in [0.717, 1.165) is 55.9 Å². The molecule has 144 valence electrons. The van der Waals surface area contributed by atoms with Gasteiger partial charge in [0.25, 0.3) is 0 Å². The molecule has 1 unspecified atom stereocenters. The quantitative estimate of drug-likeness (QED) is 0.873. The van der Waals surface area contributed by atoms with Gasteiger partial charge in [0.1, 0.15) is 12.0 Å². The third-order valence-electron chi connectivity index (χ3n) is 5.55. The number of nitrogens with zero attached hydrogens (tertiary/aromatic N) is 5. The average molecular weight is 387 g/mol. The molecule has 1 aromatic carbocycles. The molecule has 6 nitrogen and oxygen atoms in total. The lowest BCUT2D eigenvalue weighted by atomic mass is 10.0. The first kappa shape index (κ1) is 18.2. The van der Waals surface area contributed by atoms with Crippen LogP contribution in [0.3, 0.4) is 0 Å². The second-order valence-electron chi connectivity index (χ2n) is 7.58. The van der Waals surface area contributed by atoms with Crippen LogP contribution in [-0.4, -0.2) is 49.2 Å². The Morgan fingerprint density at radius 2 is 1.70 bits per heavy atom. The zero-order valence-electron chi connectivity index (χ0n) is 15.8. The standard InChI is InChI=1S/C20H27ClN6/c1-15-4-3-7-27(13-15)20-18(22)19(23-14-24-20)26-10-8-25(9-11-26)17-6-2-5-16(21)12-17/h2,5-6,12,14-15H,3-4,7-11,13,22H2,1H3. The van der Waals surface area contributed by atoms with Crippen molar-refractivity contribution in [2.45, 2.75) is 19.8 Å². The van der Waals surface area contributed by atoms with E-state index in [9.17, 15) is 0 Å². The first-order chi connectivity index (χ1) is 13.1. The van der Waals surface area contributed by atoms with E-state index in [4.69, 9.17) is 17.3 Å². The van der Waals surface area contributed by atoms with Gasteiger partial charge in [-0.15, -0.1) is 0 Å². The van der Waals surface area contributed by atoms with E-state index in [1.165, 1.54) is 18.5 Å². The van der Waals surface area contributed by atoms with Crippen LogP contribution in [-0.2, 0) is 0 Å². The number of halogens is 1. The highest BCUT2D eigenvalue weighted by molar-refractivity contribution is 6.30. The minimum atomic E-state index is 0.679. The molecule has 7 heteroatoms. The number of nitrogen functional groups attached to an aromatic ring is 1. The van der Waals surface area contributed by atoms with E-state index in [1.54, 1.807) is 6.33 Å². The van der Waals surface area contributed by atoms with Crippen LogP contribution in [0.2, 0.25) is 5.02 Å². The highest BCUT2D eigenvalue weighted by Crippen LogP contribution is 2.32. The van der Waals surface area contributed by atoms with Crippen LogP contribution < -0.4 is 20.4 Å². The minimum absolute atomic E-state index is 0.679. The third-order valence-corrected chi connectivity index (χ3v) is 5.79. The SMILES string of the molecule is CC1CCCN(c2ncnc(N3CCN(c4cccc(Cl)c4)CC3)c2N)C1. The summed E-state index contributed by atoms with van der Waals surface area (Å²) in [5.41, 5.74) is 8.40. The number of benzene rings is 1. The molecule has 4 rings (SSSR count). The number of anilines is 4. The molecule has 0 aliphatic carbocycles. The molecule has 3 heterocycles. The fourth-order valence-electron chi connectivity index (χ4n) is 4.11. The van der Waals surface area contributed by atoms with Gasteiger partial charge in [-0.05, 0) is 37.0 Å². The van der Waals surface area contributed by atoms with Gasteiger partial charge in [0.2, 0.25) is 0 Å². The smallest absolute Gasteiger partial charge is 0.157 e. The van der Waals surface area contributed by atoms with E-state index in [1.807, 2.05) is 18.2 Å². The molecule has 0 radical (unpaired) electrons. The van der Waals surface area contributed by atoms with Gasteiger partial charge in [-0.1, -0.05) is 24.6 Å². The zero-order valence-corrected chi connectivity index (χ0v) is 16.6. The van der Waals surface area contributed by atoms with E-state index in [-0.39, 0.29) is 0 Å². The number of rotatable bonds is 3. The molecule has 2 saturated heterocycles. The fraction of sp³-hybridized carbons (Fsp3) is 0.500. The molecule has 2 aliphatic rings. The van der Waals surface area contributed by atoms with Gasteiger partial charge in [0.15, 0.2) is 11.6 Å². The first-order valence-electron chi connectivity index (χ1n) is 9.72. The number of hydrogen-bond donors (Lipinski definition) is 1. The first-order valence-corrected chi connectivity index (χ1v) is 10.1. The molecule has 2 aromatic rings. The van der Waals surface area contributed by atoms with Crippen molar-refractivity contribution in [1.82, 2.24) is 9.97 Å². The summed E-state index contributed by atoms with van der Waals surface area (Å²) >= 11 is 6.14. The second-order valence-corrected chi connectivity index (χ2v) is 8.02. The van der Waals surface area contributed by atoms with E-state index in [2.05, 4.69) is 37.7 Å². The van der Waals surface area contributed by atoms with Crippen molar-refractivity contribution < 1.29 is 0 Å². The zero-order chi connectivity index (χ0) is 18.8. The Kier molecular flexibility index (Phi) is 5.25. The Morgan fingerprint density at radius 1 is 1.00 bits per heavy atom. The van der Waals surface area contributed by atoms with Crippen LogP contribution in [0, 0.1) is 5.92 Å². The highest BCUT2D eigenvalue weighted by Gasteiger charge is 2.25. The maximum absolute atomic E-state index is 6.52. The molecule has 0 amide bonds. The van der Waals surface area contributed by atoms with Crippen LogP contribution in [0.15, 0.2) is 30.6 Å². The average Bonchev–Trinajstić information content (AvgIpc) is 2.68. The lowest BCUT2D eigenvalue weighted by Crippen LogP contribution is -2.47. The molecule has 2 aliphatic heterocycles. The van der Waals surface area contributed by atoms with Crippen molar-refractivity contribution in [1.29, 1.82) is 0 Å². The van der Waals surface area contributed by atoms with Crippen LogP contribution in [0.25, 0.3) is 0 Å². The topological polar surface area (TPSA) is 61.5 Å². The van der Waals surface area contributed by atoms with Crippen LogP contribution >= 0.6 is 11.6 Å². The predicted molar refractivity (Wildman–Crippen MR) is 113 cm³/mol. The summed E-state index contributed by atoms with van der Waals surface area (Å²) in [6.07, 6.45) is 4.13. The summed E-state index contributed by atoms with van der Waals surface area (Å²) in [7, 11) is 0. The lowest BCUT2D eigenvalue weighted by molar-refractivity contribution is 0.445. The number of hydrogen-bond acceptors (Lipinski definition) is 6. The summed E-state index contributed by atoms with van der Waals surface area (Å²) in [5, 5.41) is 0.773. The molecular formula is C20H27ClN6. The Bertz CT molecular complexity index is 790. The van der Waals surface area contributed by atoms with Gasteiger partial charge in [0.05, 0.1) is 0 Å². The molecule has 2 fully saturated rings. The molecule has 2 N–H and O–H groups in total. The van der Waals surface area contributed by atoms with Crippen molar-refractivity contribution in [2.75, 3.05) is 59.7 Å². The van der Waals surface area contributed by atoms with Gasteiger partial charge in [-0.25, -0.2) is 9.97 Å². The van der Waals surface area contributed by atoms with Crippen molar-refractivity contribution in [3.63, 3.8) is 0 Å². The van der Waals surface area contributed by atoms with E-state index in [0.29, 0.717) is 11.6 Å². The van der Waals surface area contributed by atoms with Gasteiger partial charge in [-0.3, -0.25) is 0 Å². The number of nitrogens with two attached hydrogens (primary N) is 1. The van der Waals surface area contributed by atoms with Gasteiger partial charge >= 0.3 is 0 Å². The van der Waals surface area contributed by atoms with Crippen LogP contribution in [0.5, 0.6) is 0 Å². The van der Waals surface area contributed by atoms with E-state index >= 15 is 0 Å².